The molecule has 0 spiro atoms. The van der Waals surface area contributed by atoms with E-state index in [0.29, 0.717) is 0 Å². The van der Waals surface area contributed by atoms with Crippen LogP contribution in [0.2, 0.25) is 0 Å². The molecule has 0 atom stereocenters. The Balaban J connectivity index is 2.86. The molecule has 0 saturated carbocycles. The second-order valence-electron chi connectivity index (χ2n) is 2.04. The normalized spacial score (nSPS) is 19.0. The molecule has 1 heterocycles. The summed E-state index contributed by atoms with van der Waals surface area (Å²) in [5.41, 5.74) is 0. The lowest BCUT2D eigenvalue weighted by atomic mass is 10.2. The van der Waals surface area contributed by atoms with Crippen LogP contribution in [-0.2, 0) is 4.79 Å². The van der Waals surface area contributed by atoms with Crippen LogP contribution in [-0.4, -0.2) is 35.3 Å². The van der Waals surface area contributed by atoms with Gasteiger partial charge in [0.05, 0.1) is 0 Å². The van der Waals surface area contributed by atoms with Gasteiger partial charge in [-0.3, -0.25) is 4.79 Å². The molecular weight excluding hydrogens is 118 g/mol. The summed E-state index contributed by atoms with van der Waals surface area (Å²) >= 11 is 0. The van der Waals surface area contributed by atoms with Gasteiger partial charge in [0.25, 0.3) is 5.78 Å². The number of nitrogens with zero attached hydrogens (tertiary/aromatic N) is 1. The molecule has 0 radical (unpaired) electrons. The quantitative estimate of drug-likeness (QED) is 0.454. The highest BCUT2D eigenvalue weighted by Crippen LogP contribution is 1.93. The summed E-state index contributed by atoms with van der Waals surface area (Å²) in [6, 6.07) is 0. The van der Waals surface area contributed by atoms with E-state index in [2.05, 4.69) is 0 Å². The van der Waals surface area contributed by atoms with Crippen LogP contribution in [0.4, 0.5) is 0 Å². The molecule has 0 aromatic rings. The Morgan fingerprint density at radius 3 is 2.89 bits per heavy atom. The number of aliphatic hydroxyl groups is 1. The fourth-order valence-electron chi connectivity index (χ4n) is 0.651. The number of hydrogen-bond acceptors (Lipinski definition) is 2. The molecule has 0 aromatic heterocycles. The van der Waals surface area contributed by atoms with E-state index in [0.717, 1.165) is 0 Å². The van der Waals surface area contributed by atoms with Crippen molar-refractivity contribution < 1.29 is 14.5 Å². The molecular formula is C6H8NO2+. The third-order valence-corrected chi connectivity index (χ3v) is 1.17. The van der Waals surface area contributed by atoms with Gasteiger partial charge in [-0.1, -0.05) is 0 Å². The Kier molecular flexibility index (Phi) is 1.34. The van der Waals surface area contributed by atoms with Crippen molar-refractivity contribution in [3.05, 3.63) is 11.8 Å². The minimum Gasteiger partial charge on any atom is -0.504 e. The first-order valence-electron chi connectivity index (χ1n) is 2.67. The van der Waals surface area contributed by atoms with Crippen LogP contribution in [0, 0.1) is 0 Å². The molecule has 3 nitrogen and oxygen atoms in total. The average Bonchev–Trinajstić information content (AvgIpc) is 1.80. The number of hydrogen-bond donors (Lipinski definition) is 1. The van der Waals surface area contributed by atoms with Crippen molar-refractivity contribution in [2.24, 2.45) is 0 Å². The largest absolute Gasteiger partial charge is 0.504 e. The number of carbonyl (C=O) groups is 1. The zero-order valence-electron chi connectivity index (χ0n) is 5.16. The maximum Gasteiger partial charge on any atom is 0.261 e. The molecule has 1 N–H and O–H groups in total. The van der Waals surface area contributed by atoms with Crippen molar-refractivity contribution in [3.8, 4) is 0 Å². The lowest BCUT2D eigenvalue weighted by Crippen LogP contribution is -2.23. The van der Waals surface area contributed by atoms with Crippen LogP contribution in [0.15, 0.2) is 11.8 Å². The average molecular weight is 126 g/mol. The molecule has 0 aromatic carbocycles. The van der Waals surface area contributed by atoms with Gasteiger partial charge >= 0.3 is 0 Å². The second kappa shape index (κ2) is 2.01. The number of carbonyl (C=O) groups excluding carboxylic acids is 1. The van der Waals surface area contributed by atoms with Crippen molar-refractivity contribution in [2.45, 2.75) is 0 Å². The molecule has 1 rings (SSSR count). The summed E-state index contributed by atoms with van der Waals surface area (Å²) < 4.78 is 1.71. The van der Waals surface area contributed by atoms with E-state index in [1.807, 2.05) is 0 Å². The van der Waals surface area contributed by atoms with Gasteiger partial charge < -0.3 is 5.11 Å². The monoisotopic (exact) mass is 126 g/mol. The number of allylic oxidation sites excluding steroid dienone is 1. The van der Waals surface area contributed by atoms with Crippen LogP contribution >= 0.6 is 0 Å². The Morgan fingerprint density at radius 2 is 2.44 bits per heavy atom. The minimum absolute atomic E-state index is 0.145. The van der Waals surface area contributed by atoms with E-state index in [1.165, 1.54) is 6.08 Å². The third kappa shape index (κ3) is 1.16. The molecule has 0 unspecified atom stereocenters. The molecule has 48 valence electrons. The van der Waals surface area contributed by atoms with Crippen LogP contribution < -0.4 is 0 Å². The zero-order valence-corrected chi connectivity index (χ0v) is 5.16. The number of Topliss-reactive ketones (excluding diaryl/α,β-unsaturated/α-hetero) is 1. The van der Waals surface area contributed by atoms with Crippen LogP contribution in [0.5, 0.6) is 0 Å². The third-order valence-electron chi connectivity index (χ3n) is 1.17. The maximum absolute atomic E-state index is 10.6. The molecule has 1 aliphatic rings. The highest BCUT2D eigenvalue weighted by atomic mass is 16.3. The summed E-state index contributed by atoms with van der Waals surface area (Å²) in [6.45, 7) is 0.280. The number of likely N-dealkylation sites (N-methyl/N-ethyl adjacent to an activating group) is 1. The van der Waals surface area contributed by atoms with Crippen molar-refractivity contribution in [1.29, 1.82) is 0 Å². The number of rotatable bonds is 0. The highest BCUT2D eigenvalue weighted by Gasteiger charge is 2.16. The highest BCUT2D eigenvalue weighted by molar-refractivity contribution is 5.98. The predicted molar refractivity (Wildman–Crippen MR) is 32.8 cm³/mol. The van der Waals surface area contributed by atoms with E-state index in [-0.39, 0.29) is 18.1 Å². The summed E-state index contributed by atoms with van der Waals surface area (Å²) in [5.74, 6) is -0.367. The van der Waals surface area contributed by atoms with E-state index in [9.17, 15) is 4.79 Å². The number of ketones is 1. The van der Waals surface area contributed by atoms with Gasteiger partial charge in [0.2, 0.25) is 6.54 Å². The van der Waals surface area contributed by atoms with E-state index in [4.69, 9.17) is 5.11 Å². The van der Waals surface area contributed by atoms with Gasteiger partial charge in [0.1, 0.15) is 7.05 Å². The molecule has 3 heteroatoms. The molecule has 0 bridgehead atoms. The number of aliphatic hydroxyl groups excluding tert-OH is 1. The predicted octanol–water partition coefficient (Wildman–Crippen LogP) is -0.276. The van der Waals surface area contributed by atoms with Crippen molar-refractivity contribution in [3.63, 3.8) is 0 Å². The van der Waals surface area contributed by atoms with Crippen molar-refractivity contribution in [1.82, 2.24) is 0 Å². The SMILES string of the molecule is C[N+]1=CC=C(O)C(=O)C1. The first kappa shape index (κ1) is 6.01. The van der Waals surface area contributed by atoms with Gasteiger partial charge in [-0.05, 0) is 0 Å². The lowest BCUT2D eigenvalue weighted by molar-refractivity contribution is -0.480. The van der Waals surface area contributed by atoms with Gasteiger partial charge in [-0.25, -0.2) is 4.58 Å². The smallest absolute Gasteiger partial charge is 0.261 e. The van der Waals surface area contributed by atoms with Crippen LogP contribution in [0.1, 0.15) is 0 Å². The van der Waals surface area contributed by atoms with E-state index >= 15 is 0 Å². The summed E-state index contributed by atoms with van der Waals surface area (Å²) in [6.07, 6.45) is 3.06. The van der Waals surface area contributed by atoms with Gasteiger partial charge in [-0.15, -0.1) is 0 Å². The Hall–Kier alpha value is -1.12. The van der Waals surface area contributed by atoms with Gasteiger partial charge in [0, 0.05) is 6.08 Å². The topological polar surface area (TPSA) is 40.3 Å². The molecule has 0 saturated heterocycles. The van der Waals surface area contributed by atoms with E-state index in [1.54, 1.807) is 17.8 Å². The van der Waals surface area contributed by atoms with Crippen LogP contribution in [0.3, 0.4) is 0 Å². The fraction of sp³-hybridized carbons (Fsp3) is 0.333. The minimum atomic E-state index is -0.222. The first-order chi connectivity index (χ1) is 4.20. The molecule has 0 aliphatic carbocycles. The zero-order chi connectivity index (χ0) is 6.85. The Bertz CT molecular complexity index is 203. The Labute approximate surface area is 52.9 Å². The van der Waals surface area contributed by atoms with Crippen molar-refractivity contribution >= 4 is 12.0 Å². The first-order valence-corrected chi connectivity index (χ1v) is 2.67. The fourth-order valence-corrected chi connectivity index (χ4v) is 0.651. The standard InChI is InChI=1S/C6H7NO2/c1-7-3-2-5(8)6(9)4-7/h2-3H,4H2,1H3/p+1. The Morgan fingerprint density at radius 1 is 1.78 bits per heavy atom. The second-order valence-corrected chi connectivity index (χ2v) is 2.04. The molecule has 9 heavy (non-hydrogen) atoms. The molecule has 0 fully saturated rings. The maximum atomic E-state index is 10.6. The van der Waals surface area contributed by atoms with Crippen LogP contribution in [0.25, 0.3) is 0 Å². The lowest BCUT2D eigenvalue weighted by Gasteiger charge is -1.99. The summed E-state index contributed by atoms with van der Waals surface area (Å²) in [7, 11) is 1.78. The van der Waals surface area contributed by atoms with Crippen molar-refractivity contribution in [2.75, 3.05) is 13.6 Å². The summed E-state index contributed by atoms with van der Waals surface area (Å²) in [4.78, 5) is 10.6. The van der Waals surface area contributed by atoms with E-state index < -0.39 is 0 Å². The summed E-state index contributed by atoms with van der Waals surface area (Å²) in [5, 5.41) is 8.75. The van der Waals surface area contributed by atoms with Gasteiger partial charge in [-0.2, -0.15) is 0 Å². The molecule has 0 amide bonds. The molecule has 1 aliphatic heterocycles. The van der Waals surface area contributed by atoms with Gasteiger partial charge in [0.15, 0.2) is 12.0 Å².